The van der Waals surface area contributed by atoms with E-state index < -0.39 is 0 Å². The maximum Gasteiger partial charge on any atom is 0.129 e. The minimum atomic E-state index is 0.735. The third-order valence-corrected chi connectivity index (χ3v) is 5.87. The number of fused-ring (bicyclic) bond motifs is 1. The number of pyridine rings is 1. The predicted molar refractivity (Wildman–Crippen MR) is 115 cm³/mol. The summed E-state index contributed by atoms with van der Waals surface area (Å²) < 4.78 is 11.4. The Kier molecular flexibility index (Phi) is 3.97. The van der Waals surface area contributed by atoms with Gasteiger partial charge in [-0.05, 0) is 76.7 Å². The van der Waals surface area contributed by atoms with Crippen molar-refractivity contribution in [2.45, 2.75) is 26.7 Å². The highest BCUT2D eigenvalue weighted by Crippen LogP contribution is 2.42. The van der Waals surface area contributed by atoms with Gasteiger partial charge < -0.3 is 9.47 Å². The van der Waals surface area contributed by atoms with Crippen LogP contribution in [-0.4, -0.2) is 18.7 Å². The number of hydrogen-bond acceptors (Lipinski definition) is 3. The fourth-order valence-corrected chi connectivity index (χ4v) is 4.56. The second-order valence-electron chi connectivity index (χ2n) is 7.39. The van der Waals surface area contributed by atoms with E-state index >= 15 is 0 Å². The van der Waals surface area contributed by atoms with Crippen molar-refractivity contribution in [2.24, 2.45) is 0 Å². The zero-order valence-corrected chi connectivity index (χ0v) is 16.5. The topological polar surface area (TPSA) is 31.4 Å². The van der Waals surface area contributed by atoms with Gasteiger partial charge >= 0.3 is 0 Å². The molecular weight excluding hydrogens is 346 g/mol. The summed E-state index contributed by atoms with van der Waals surface area (Å²) in [4.78, 5) is 4.80. The van der Waals surface area contributed by atoms with Crippen LogP contribution in [0.15, 0.2) is 48.7 Å². The van der Waals surface area contributed by atoms with Crippen molar-refractivity contribution >= 4 is 21.7 Å². The third-order valence-electron chi connectivity index (χ3n) is 5.87. The number of methoxy groups -OCH3 is 1. The molecule has 1 aliphatic rings. The molecule has 2 heterocycles. The van der Waals surface area contributed by atoms with Crippen molar-refractivity contribution in [1.82, 2.24) is 4.98 Å². The molecule has 0 radical (unpaired) electrons. The van der Waals surface area contributed by atoms with E-state index in [1.165, 1.54) is 38.6 Å². The third kappa shape index (κ3) is 2.46. The molecule has 0 amide bonds. The van der Waals surface area contributed by atoms with E-state index in [4.69, 9.17) is 14.5 Å². The molecule has 140 valence electrons. The lowest BCUT2D eigenvalue weighted by molar-refractivity contribution is 0.318. The molecule has 3 nitrogen and oxygen atoms in total. The summed E-state index contributed by atoms with van der Waals surface area (Å²) in [7, 11) is 1.71. The Hall–Kier alpha value is -3.07. The summed E-state index contributed by atoms with van der Waals surface area (Å²) in [5.41, 5.74) is 7.49. The molecule has 0 N–H and O–H groups in total. The minimum absolute atomic E-state index is 0.735. The largest absolute Gasteiger partial charge is 0.497 e. The molecule has 4 aromatic rings. The van der Waals surface area contributed by atoms with Crippen LogP contribution < -0.4 is 9.47 Å². The molecule has 0 atom stereocenters. The van der Waals surface area contributed by atoms with Crippen molar-refractivity contribution in [3.8, 4) is 22.6 Å². The molecule has 1 aromatic heterocycles. The van der Waals surface area contributed by atoms with Gasteiger partial charge in [-0.3, -0.25) is 4.98 Å². The van der Waals surface area contributed by atoms with E-state index in [2.05, 4.69) is 50.2 Å². The average molecular weight is 369 g/mol. The highest BCUT2D eigenvalue weighted by atomic mass is 16.5. The van der Waals surface area contributed by atoms with E-state index in [9.17, 15) is 0 Å². The van der Waals surface area contributed by atoms with Crippen LogP contribution in [0.25, 0.3) is 32.8 Å². The Bertz CT molecular complexity index is 1220. The molecule has 1 aliphatic heterocycles. The zero-order chi connectivity index (χ0) is 19.3. The van der Waals surface area contributed by atoms with Crippen LogP contribution in [0.4, 0.5) is 0 Å². The summed E-state index contributed by atoms with van der Waals surface area (Å²) in [5.74, 6) is 1.83. The lowest BCUT2D eigenvalue weighted by atomic mass is 9.87. The fraction of sp³-hybridized carbons (Fsp3) is 0.240. The molecule has 0 bridgehead atoms. The number of aromatic nitrogens is 1. The van der Waals surface area contributed by atoms with Gasteiger partial charge in [-0.15, -0.1) is 0 Å². The summed E-state index contributed by atoms with van der Waals surface area (Å²) >= 11 is 0. The van der Waals surface area contributed by atoms with Crippen LogP contribution in [-0.2, 0) is 12.8 Å². The minimum Gasteiger partial charge on any atom is -0.497 e. The van der Waals surface area contributed by atoms with Gasteiger partial charge in [0.15, 0.2) is 0 Å². The lowest BCUT2D eigenvalue weighted by Crippen LogP contribution is -2.09. The average Bonchev–Trinajstić information content (AvgIpc) is 2.73. The van der Waals surface area contributed by atoms with E-state index in [1.807, 2.05) is 12.3 Å². The fourth-order valence-electron chi connectivity index (χ4n) is 4.56. The van der Waals surface area contributed by atoms with Gasteiger partial charge in [0, 0.05) is 23.6 Å². The van der Waals surface area contributed by atoms with Gasteiger partial charge in [0.05, 0.1) is 19.2 Å². The molecule has 3 aromatic carbocycles. The molecule has 0 aliphatic carbocycles. The van der Waals surface area contributed by atoms with E-state index in [-0.39, 0.29) is 0 Å². The van der Waals surface area contributed by atoms with Crippen LogP contribution >= 0.6 is 0 Å². The Morgan fingerprint density at radius 3 is 2.82 bits per heavy atom. The highest BCUT2D eigenvalue weighted by Gasteiger charge is 2.20. The van der Waals surface area contributed by atoms with Crippen LogP contribution in [0.1, 0.15) is 23.6 Å². The molecule has 0 fully saturated rings. The monoisotopic (exact) mass is 369 g/mol. The van der Waals surface area contributed by atoms with Gasteiger partial charge in [-0.25, -0.2) is 0 Å². The molecule has 0 unspecified atom stereocenters. The van der Waals surface area contributed by atoms with Crippen molar-refractivity contribution in [3.05, 3.63) is 65.4 Å². The maximum absolute atomic E-state index is 5.93. The van der Waals surface area contributed by atoms with Gasteiger partial charge in [0.2, 0.25) is 0 Å². The Labute approximate surface area is 164 Å². The number of hydrogen-bond donors (Lipinski definition) is 0. The molecule has 0 saturated carbocycles. The van der Waals surface area contributed by atoms with Gasteiger partial charge in [-0.1, -0.05) is 19.1 Å². The standard InChI is InChI=1S/C25H23NO2/c1-4-19-15(2)13-17-14-18(27-3)5-6-20(17)24(19)21-7-8-22-23-16(10-12-28-22)9-11-26-25(21)23/h5-9,11,13-14H,4,10,12H2,1-3H3. The number of rotatable bonds is 3. The first-order valence-electron chi connectivity index (χ1n) is 9.85. The normalized spacial score (nSPS) is 13.0. The molecule has 28 heavy (non-hydrogen) atoms. The molecule has 3 heteroatoms. The van der Waals surface area contributed by atoms with Gasteiger partial charge in [0.25, 0.3) is 0 Å². The highest BCUT2D eigenvalue weighted by molar-refractivity contribution is 6.08. The number of ether oxygens (including phenoxy) is 2. The van der Waals surface area contributed by atoms with Crippen LogP contribution in [0.5, 0.6) is 11.5 Å². The molecule has 0 saturated heterocycles. The molecular formula is C25H23NO2. The van der Waals surface area contributed by atoms with E-state index in [1.54, 1.807) is 7.11 Å². The number of aryl methyl sites for hydroxylation is 1. The Morgan fingerprint density at radius 1 is 1.11 bits per heavy atom. The van der Waals surface area contributed by atoms with Crippen molar-refractivity contribution < 1.29 is 9.47 Å². The van der Waals surface area contributed by atoms with Crippen LogP contribution in [0.2, 0.25) is 0 Å². The first-order chi connectivity index (χ1) is 13.7. The Morgan fingerprint density at radius 2 is 2.00 bits per heavy atom. The number of benzene rings is 3. The zero-order valence-electron chi connectivity index (χ0n) is 16.5. The summed E-state index contributed by atoms with van der Waals surface area (Å²) in [6.45, 7) is 5.16. The van der Waals surface area contributed by atoms with Crippen LogP contribution in [0.3, 0.4) is 0 Å². The second-order valence-corrected chi connectivity index (χ2v) is 7.39. The van der Waals surface area contributed by atoms with Crippen LogP contribution in [0, 0.1) is 6.92 Å². The summed E-state index contributed by atoms with van der Waals surface area (Å²) in [6.07, 6.45) is 3.84. The quantitative estimate of drug-likeness (QED) is 0.453. The van der Waals surface area contributed by atoms with E-state index in [0.717, 1.165) is 41.9 Å². The number of nitrogens with zero attached hydrogens (tertiary/aromatic N) is 1. The SMILES string of the molecule is CCc1c(C)cc2cc(OC)ccc2c1-c1ccc2c3c(ccnc13)CCO2. The van der Waals surface area contributed by atoms with Gasteiger partial charge in [0.1, 0.15) is 11.5 Å². The predicted octanol–water partition coefficient (Wildman–Crippen LogP) is 5.87. The second kappa shape index (κ2) is 6.52. The lowest BCUT2D eigenvalue weighted by Gasteiger charge is -2.22. The van der Waals surface area contributed by atoms with Crippen molar-refractivity contribution in [3.63, 3.8) is 0 Å². The molecule has 5 rings (SSSR count). The summed E-state index contributed by atoms with van der Waals surface area (Å²) in [5, 5.41) is 3.60. The smallest absolute Gasteiger partial charge is 0.129 e. The maximum atomic E-state index is 5.93. The van der Waals surface area contributed by atoms with Crippen molar-refractivity contribution in [2.75, 3.05) is 13.7 Å². The Balaban J connectivity index is 1.91. The van der Waals surface area contributed by atoms with E-state index in [0.29, 0.717) is 0 Å². The van der Waals surface area contributed by atoms with Crippen molar-refractivity contribution in [1.29, 1.82) is 0 Å². The molecule has 0 spiro atoms. The first-order valence-corrected chi connectivity index (χ1v) is 9.85. The van der Waals surface area contributed by atoms with Gasteiger partial charge in [-0.2, -0.15) is 0 Å². The summed E-state index contributed by atoms with van der Waals surface area (Å²) in [6, 6.07) is 15.0. The first kappa shape index (κ1) is 17.1.